The van der Waals surface area contributed by atoms with E-state index in [0.717, 1.165) is 25.9 Å². The third-order valence-corrected chi connectivity index (χ3v) is 5.32. The highest BCUT2D eigenvalue weighted by molar-refractivity contribution is 5.84. The molecule has 0 unspecified atom stereocenters. The van der Waals surface area contributed by atoms with Gasteiger partial charge in [-0.15, -0.1) is 0 Å². The van der Waals surface area contributed by atoms with E-state index >= 15 is 0 Å². The van der Waals surface area contributed by atoms with Crippen LogP contribution in [0.15, 0.2) is 6.33 Å². The Balaban J connectivity index is 1.81. The predicted octanol–water partition coefficient (Wildman–Crippen LogP) is -0.744. The van der Waals surface area contributed by atoms with Crippen LogP contribution in [0.1, 0.15) is 26.0 Å². The fourth-order valence-corrected chi connectivity index (χ4v) is 3.67. The average Bonchev–Trinajstić information content (AvgIpc) is 3.15. The van der Waals surface area contributed by atoms with Crippen molar-refractivity contribution in [3.05, 3.63) is 6.33 Å². The molecule has 0 bridgehead atoms. The van der Waals surface area contributed by atoms with Gasteiger partial charge in [0.15, 0.2) is 23.2 Å². The second-order valence-corrected chi connectivity index (χ2v) is 7.11. The van der Waals surface area contributed by atoms with Gasteiger partial charge < -0.3 is 30.7 Å². The molecular formula is C16H24N6O4. The van der Waals surface area contributed by atoms with E-state index < -0.39 is 31.1 Å². The van der Waals surface area contributed by atoms with E-state index in [-0.39, 0.29) is 5.82 Å². The zero-order chi connectivity index (χ0) is 18.4. The minimum atomic E-state index is -1.22. The largest absolute Gasteiger partial charge is 0.394 e. The summed E-state index contributed by atoms with van der Waals surface area (Å²) in [5.41, 5.74) is 6.83. The molecule has 2 saturated heterocycles. The average molecular weight is 364 g/mol. The van der Waals surface area contributed by atoms with E-state index in [1.54, 1.807) is 4.57 Å². The molecule has 142 valence electrons. The first-order chi connectivity index (χ1) is 12.5. The highest BCUT2D eigenvalue weighted by atomic mass is 16.6. The number of fused-ring (bicyclic) bond motifs is 1. The van der Waals surface area contributed by atoms with Crippen molar-refractivity contribution in [1.82, 2.24) is 19.5 Å². The smallest absolute Gasteiger partial charge is 0.210 e. The van der Waals surface area contributed by atoms with E-state index in [1.807, 2.05) is 0 Å². The third-order valence-electron chi connectivity index (χ3n) is 5.32. The van der Waals surface area contributed by atoms with Crippen LogP contribution in [0, 0.1) is 5.92 Å². The molecule has 4 heterocycles. The zero-order valence-electron chi connectivity index (χ0n) is 14.6. The summed E-state index contributed by atoms with van der Waals surface area (Å²) in [5, 5.41) is 30.0. The minimum Gasteiger partial charge on any atom is -0.394 e. The van der Waals surface area contributed by atoms with Gasteiger partial charge in [-0.1, -0.05) is 6.92 Å². The van der Waals surface area contributed by atoms with Crippen molar-refractivity contribution in [2.75, 3.05) is 30.3 Å². The topological polar surface area (TPSA) is 143 Å². The lowest BCUT2D eigenvalue weighted by atomic mass is 10.00. The molecule has 10 nitrogen and oxygen atoms in total. The van der Waals surface area contributed by atoms with Gasteiger partial charge in [0, 0.05) is 13.1 Å². The quantitative estimate of drug-likeness (QED) is 0.553. The molecule has 5 N–H and O–H groups in total. The molecule has 2 aliphatic heterocycles. The lowest BCUT2D eigenvalue weighted by molar-refractivity contribution is -0.0505. The number of piperidine rings is 1. The van der Waals surface area contributed by atoms with Gasteiger partial charge in [0.05, 0.1) is 6.61 Å². The molecule has 2 aromatic rings. The first kappa shape index (κ1) is 17.4. The monoisotopic (exact) mass is 364 g/mol. The van der Waals surface area contributed by atoms with Crippen LogP contribution in [-0.4, -0.2) is 72.8 Å². The number of nitrogens with two attached hydrogens (primary N) is 1. The van der Waals surface area contributed by atoms with E-state index in [0.29, 0.717) is 23.0 Å². The van der Waals surface area contributed by atoms with Gasteiger partial charge in [-0.05, 0) is 18.8 Å². The van der Waals surface area contributed by atoms with Crippen molar-refractivity contribution in [1.29, 1.82) is 0 Å². The Hall–Kier alpha value is -2.01. The first-order valence-electron chi connectivity index (χ1n) is 8.87. The number of aliphatic hydroxyl groups is 3. The number of nitrogens with zero attached hydrogens (tertiary/aromatic N) is 5. The summed E-state index contributed by atoms with van der Waals surface area (Å²) < 4.78 is 7.38. The summed E-state index contributed by atoms with van der Waals surface area (Å²) in [6.45, 7) is 3.45. The van der Waals surface area contributed by atoms with Gasteiger partial charge in [-0.3, -0.25) is 4.57 Å². The van der Waals surface area contributed by atoms with Crippen LogP contribution in [-0.2, 0) is 4.74 Å². The number of nitrogen functional groups attached to an aromatic ring is 1. The van der Waals surface area contributed by atoms with Crippen LogP contribution in [0.4, 0.5) is 11.8 Å². The maximum absolute atomic E-state index is 10.5. The molecule has 2 aromatic heterocycles. The molecule has 2 fully saturated rings. The highest BCUT2D eigenvalue weighted by Gasteiger charge is 2.45. The highest BCUT2D eigenvalue weighted by Crippen LogP contribution is 2.37. The molecule has 0 spiro atoms. The summed E-state index contributed by atoms with van der Waals surface area (Å²) in [6, 6.07) is 0. The van der Waals surface area contributed by atoms with Gasteiger partial charge in [-0.2, -0.15) is 0 Å². The number of hydrogen-bond acceptors (Lipinski definition) is 9. The molecule has 4 rings (SSSR count). The SMILES string of the molecule is CC1CCN(c2nc3c(N)ncnc3n2[C@@H]2O[C@H](CO)[C@@H](O)[C@@H]2O)CC1. The molecule has 0 aromatic carbocycles. The predicted molar refractivity (Wildman–Crippen MR) is 93.4 cm³/mol. The Labute approximate surface area is 150 Å². The Bertz CT molecular complexity index is 790. The maximum atomic E-state index is 10.5. The molecule has 0 saturated carbocycles. The van der Waals surface area contributed by atoms with Gasteiger partial charge in [0.1, 0.15) is 24.6 Å². The van der Waals surface area contributed by atoms with Crippen molar-refractivity contribution >= 4 is 22.9 Å². The lowest BCUT2D eigenvalue weighted by Gasteiger charge is -2.32. The number of hydrogen-bond donors (Lipinski definition) is 4. The van der Waals surface area contributed by atoms with Crippen molar-refractivity contribution in [2.24, 2.45) is 5.92 Å². The van der Waals surface area contributed by atoms with Crippen molar-refractivity contribution in [2.45, 2.75) is 44.3 Å². The van der Waals surface area contributed by atoms with Gasteiger partial charge >= 0.3 is 0 Å². The van der Waals surface area contributed by atoms with Crippen LogP contribution in [0.5, 0.6) is 0 Å². The summed E-state index contributed by atoms with van der Waals surface area (Å²) in [6.07, 6.45) is -0.824. The molecule has 26 heavy (non-hydrogen) atoms. The van der Waals surface area contributed by atoms with Crippen LogP contribution < -0.4 is 10.6 Å². The van der Waals surface area contributed by atoms with E-state index in [4.69, 9.17) is 10.5 Å². The fourth-order valence-electron chi connectivity index (χ4n) is 3.67. The van der Waals surface area contributed by atoms with Gasteiger partial charge in [0.25, 0.3) is 0 Å². The lowest BCUT2D eigenvalue weighted by Crippen LogP contribution is -2.37. The molecule has 0 amide bonds. The van der Waals surface area contributed by atoms with E-state index in [9.17, 15) is 15.3 Å². The Morgan fingerprint density at radius 1 is 1.23 bits per heavy atom. The summed E-state index contributed by atoms with van der Waals surface area (Å²) in [5.74, 6) is 1.46. The molecular weight excluding hydrogens is 340 g/mol. The van der Waals surface area contributed by atoms with Crippen LogP contribution in [0.2, 0.25) is 0 Å². The third kappa shape index (κ3) is 2.69. The van der Waals surface area contributed by atoms with Crippen LogP contribution >= 0.6 is 0 Å². The fraction of sp³-hybridized carbons (Fsp3) is 0.688. The number of ether oxygens (including phenoxy) is 1. The van der Waals surface area contributed by atoms with E-state index in [2.05, 4.69) is 26.8 Å². The Morgan fingerprint density at radius 2 is 1.96 bits per heavy atom. The number of anilines is 2. The number of aliphatic hydroxyl groups excluding tert-OH is 3. The normalized spacial score (nSPS) is 30.4. The number of aromatic nitrogens is 4. The Kier molecular flexibility index (Phi) is 4.43. The number of rotatable bonds is 3. The second kappa shape index (κ2) is 6.62. The summed E-state index contributed by atoms with van der Waals surface area (Å²) in [4.78, 5) is 15.0. The first-order valence-corrected chi connectivity index (χ1v) is 8.87. The number of imidazole rings is 1. The Morgan fingerprint density at radius 3 is 2.62 bits per heavy atom. The molecule has 0 radical (unpaired) electrons. The molecule has 10 heteroatoms. The molecule has 0 aliphatic carbocycles. The van der Waals surface area contributed by atoms with Gasteiger partial charge in [0.2, 0.25) is 5.95 Å². The minimum absolute atomic E-state index is 0.243. The van der Waals surface area contributed by atoms with Crippen LogP contribution in [0.25, 0.3) is 11.2 Å². The molecule has 4 atom stereocenters. The standard InChI is InChI=1S/C16H24N6O4/c1-8-2-4-21(5-3-8)16-20-10-13(17)18-7-19-14(10)22(16)15-12(25)11(24)9(6-23)26-15/h7-9,11-12,15,23-25H,2-6H2,1H3,(H2,17,18,19)/t9-,11-,12+,15-/m1/s1. The molecule has 2 aliphatic rings. The second-order valence-electron chi connectivity index (χ2n) is 7.11. The van der Waals surface area contributed by atoms with E-state index in [1.165, 1.54) is 6.33 Å². The van der Waals surface area contributed by atoms with Crippen molar-refractivity contribution < 1.29 is 20.1 Å². The van der Waals surface area contributed by atoms with Crippen LogP contribution in [0.3, 0.4) is 0 Å². The maximum Gasteiger partial charge on any atom is 0.210 e. The van der Waals surface area contributed by atoms with Crippen molar-refractivity contribution in [3.63, 3.8) is 0 Å². The summed E-state index contributed by atoms with van der Waals surface area (Å²) in [7, 11) is 0. The summed E-state index contributed by atoms with van der Waals surface area (Å²) >= 11 is 0. The van der Waals surface area contributed by atoms with Crippen molar-refractivity contribution in [3.8, 4) is 0 Å². The zero-order valence-corrected chi connectivity index (χ0v) is 14.6. The van der Waals surface area contributed by atoms with Gasteiger partial charge in [-0.25, -0.2) is 15.0 Å².